The van der Waals surface area contributed by atoms with Crippen LogP contribution in [0.5, 0.6) is 0 Å². The Balaban J connectivity index is 1.64. The van der Waals surface area contributed by atoms with Gasteiger partial charge in [-0.3, -0.25) is 4.79 Å². The molecular formula is C15H22N2O2S. The number of nitrogens with one attached hydrogen (secondary N) is 1. The molecule has 0 aromatic carbocycles. The number of hydrogen-bond acceptors (Lipinski definition) is 4. The normalized spacial score (nSPS) is 23.3. The lowest BCUT2D eigenvalue weighted by molar-refractivity contribution is -0.139. The van der Waals surface area contributed by atoms with Crippen LogP contribution in [0, 0.1) is 5.92 Å². The van der Waals surface area contributed by atoms with Gasteiger partial charge in [0.1, 0.15) is 5.92 Å². The van der Waals surface area contributed by atoms with E-state index in [0.717, 1.165) is 42.6 Å². The average Bonchev–Trinajstić information content (AvgIpc) is 2.88. The van der Waals surface area contributed by atoms with Gasteiger partial charge < -0.3 is 10.4 Å². The van der Waals surface area contributed by atoms with E-state index >= 15 is 0 Å². The van der Waals surface area contributed by atoms with E-state index < -0.39 is 5.97 Å². The van der Waals surface area contributed by atoms with Crippen molar-refractivity contribution in [2.45, 2.75) is 57.3 Å². The Morgan fingerprint density at radius 2 is 2.05 bits per heavy atom. The summed E-state index contributed by atoms with van der Waals surface area (Å²) >= 11 is 1.66. The van der Waals surface area contributed by atoms with Crippen molar-refractivity contribution in [1.29, 1.82) is 0 Å². The van der Waals surface area contributed by atoms with Crippen LogP contribution in [0.2, 0.25) is 0 Å². The lowest BCUT2D eigenvalue weighted by atomic mass is 9.89. The molecule has 1 aromatic rings. The van der Waals surface area contributed by atoms with Crippen molar-refractivity contribution in [3.63, 3.8) is 0 Å². The van der Waals surface area contributed by atoms with Crippen molar-refractivity contribution in [1.82, 2.24) is 4.98 Å². The summed E-state index contributed by atoms with van der Waals surface area (Å²) in [4.78, 5) is 17.0. The van der Waals surface area contributed by atoms with Crippen LogP contribution in [0.15, 0.2) is 0 Å². The number of anilines is 1. The third-order valence-corrected chi connectivity index (χ3v) is 5.61. The van der Waals surface area contributed by atoms with Crippen LogP contribution < -0.4 is 5.32 Å². The van der Waals surface area contributed by atoms with Crippen LogP contribution in [0.25, 0.3) is 0 Å². The summed E-state index contributed by atoms with van der Waals surface area (Å²) < 4.78 is 0. The number of fused-ring (bicyclic) bond motifs is 1. The predicted octanol–water partition coefficient (Wildman–Crippen LogP) is 3.64. The summed E-state index contributed by atoms with van der Waals surface area (Å²) in [5.74, 6) is -0.352. The Kier molecular flexibility index (Phi) is 4.24. The third kappa shape index (κ3) is 2.97. The second-order valence-electron chi connectivity index (χ2n) is 6.00. The molecule has 2 aliphatic rings. The fraction of sp³-hybridized carbons (Fsp3) is 0.733. The van der Waals surface area contributed by atoms with Gasteiger partial charge >= 0.3 is 5.97 Å². The first-order valence-electron chi connectivity index (χ1n) is 7.70. The summed E-state index contributed by atoms with van der Waals surface area (Å²) in [7, 11) is 0. The average molecular weight is 294 g/mol. The van der Waals surface area contributed by atoms with E-state index in [2.05, 4.69) is 10.3 Å². The molecule has 1 unspecified atom stereocenters. The second-order valence-corrected chi connectivity index (χ2v) is 7.08. The lowest BCUT2D eigenvalue weighted by Crippen LogP contribution is -2.18. The minimum atomic E-state index is -0.727. The number of aliphatic carboxylic acids is 1. The van der Waals surface area contributed by atoms with Crippen LogP contribution in [0.4, 0.5) is 5.13 Å². The molecule has 5 heteroatoms. The minimum absolute atomic E-state index is 0.389. The number of aryl methyl sites for hydroxylation is 1. The van der Waals surface area contributed by atoms with Gasteiger partial charge in [0, 0.05) is 11.4 Å². The molecule has 1 saturated carbocycles. The summed E-state index contributed by atoms with van der Waals surface area (Å²) in [5, 5.41) is 13.6. The Labute approximate surface area is 123 Å². The second kappa shape index (κ2) is 6.12. The molecule has 2 aliphatic carbocycles. The van der Waals surface area contributed by atoms with Crippen molar-refractivity contribution in [2.75, 3.05) is 11.9 Å². The molecule has 0 spiro atoms. The van der Waals surface area contributed by atoms with Crippen LogP contribution in [-0.4, -0.2) is 22.6 Å². The van der Waals surface area contributed by atoms with Crippen LogP contribution in [-0.2, 0) is 11.2 Å². The molecule has 1 aromatic heterocycles. The van der Waals surface area contributed by atoms with Crippen molar-refractivity contribution >= 4 is 22.4 Å². The molecule has 1 heterocycles. The topological polar surface area (TPSA) is 62.2 Å². The highest BCUT2D eigenvalue weighted by Gasteiger charge is 2.30. The Morgan fingerprint density at radius 3 is 2.80 bits per heavy atom. The summed E-state index contributed by atoms with van der Waals surface area (Å²) in [6.45, 7) is 0.990. The number of aromatic nitrogens is 1. The summed E-state index contributed by atoms with van der Waals surface area (Å²) in [6, 6.07) is 0. The minimum Gasteiger partial charge on any atom is -0.481 e. The number of rotatable bonds is 4. The number of hydrogen-bond donors (Lipinski definition) is 2. The van der Waals surface area contributed by atoms with E-state index in [1.807, 2.05) is 0 Å². The smallest absolute Gasteiger partial charge is 0.312 e. The van der Waals surface area contributed by atoms with Gasteiger partial charge in [-0.2, -0.15) is 0 Å². The van der Waals surface area contributed by atoms with E-state index in [1.165, 1.54) is 37.0 Å². The maximum Gasteiger partial charge on any atom is 0.312 e. The monoisotopic (exact) mass is 294 g/mol. The molecule has 4 nitrogen and oxygen atoms in total. The van der Waals surface area contributed by atoms with Gasteiger partial charge in [-0.15, -0.1) is 11.3 Å². The van der Waals surface area contributed by atoms with Gasteiger partial charge in [-0.05, 0) is 38.0 Å². The molecule has 0 amide bonds. The molecule has 0 bridgehead atoms. The fourth-order valence-corrected chi connectivity index (χ4v) is 4.43. The standard InChI is InChI=1S/C15H22N2O2S/c18-14(19)11-7-4-8-12-13(11)17-15(20-12)16-9-10-5-2-1-3-6-10/h10-11H,1-9H2,(H,16,17)(H,18,19). The molecule has 110 valence electrons. The zero-order chi connectivity index (χ0) is 13.9. The summed E-state index contributed by atoms with van der Waals surface area (Å²) in [5.41, 5.74) is 0.819. The van der Waals surface area contributed by atoms with Crippen LogP contribution in [0.3, 0.4) is 0 Å². The van der Waals surface area contributed by atoms with Gasteiger partial charge in [-0.1, -0.05) is 19.3 Å². The highest BCUT2D eigenvalue weighted by Crippen LogP contribution is 2.37. The van der Waals surface area contributed by atoms with Gasteiger partial charge in [0.15, 0.2) is 5.13 Å². The van der Waals surface area contributed by atoms with E-state index in [1.54, 1.807) is 11.3 Å². The first kappa shape index (κ1) is 13.9. The fourth-order valence-electron chi connectivity index (χ4n) is 3.36. The molecule has 0 saturated heterocycles. The van der Waals surface area contributed by atoms with E-state index in [4.69, 9.17) is 0 Å². The largest absolute Gasteiger partial charge is 0.481 e. The first-order valence-corrected chi connectivity index (χ1v) is 8.52. The number of nitrogens with zero attached hydrogens (tertiary/aromatic N) is 1. The molecule has 20 heavy (non-hydrogen) atoms. The van der Waals surface area contributed by atoms with Gasteiger partial charge in [-0.25, -0.2) is 4.98 Å². The van der Waals surface area contributed by atoms with E-state index in [0.29, 0.717) is 0 Å². The van der Waals surface area contributed by atoms with Crippen LogP contribution in [0.1, 0.15) is 61.4 Å². The van der Waals surface area contributed by atoms with Gasteiger partial charge in [0.2, 0.25) is 0 Å². The maximum absolute atomic E-state index is 11.3. The SMILES string of the molecule is O=C(O)C1CCCc2sc(NCC3CCCCC3)nc21. The zero-order valence-electron chi connectivity index (χ0n) is 11.7. The molecule has 0 aliphatic heterocycles. The Hall–Kier alpha value is -1.10. The molecular weight excluding hydrogens is 272 g/mol. The maximum atomic E-state index is 11.3. The number of carbonyl (C=O) groups is 1. The highest BCUT2D eigenvalue weighted by atomic mass is 32.1. The Morgan fingerprint density at radius 1 is 1.25 bits per heavy atom. The molecule has 2 N–H and O–H groups in total. The van der Waals surface area contributed by atoms with Crippen molar-refractivity contribution in [2.24, 2.45) is 5.92 Å². The molecule has 1 fully saturated rings. The van der Waals surface area contributed by atoms with Gasteiger partial charge in [0.25, 0.3) is 0 Å². The molecule has 0 radical (unpaired) electrons. The Bertz CT molecular complexity index is 480. The third-order valence-electron chi connectivity index (χ3n) is 4.52. The van der Waals surface area contributed by atoms with Crippen LogP contribution >= 0.6 is 11.3 Å². The number of carboxylic acids is 1. The number of carboxylic acid groups (broad SMARTS) is 1. The van der Waals surface area contributed by atoms with Crippen molar-refractivity contribution in [3.05, 3.63) is 10.6 Å². The highest BCUT2D eigenvalue weighted by molar-refractivity contribution is 7.15. The molecule has 1 atom stereocenters. The van der Waals surface area contributed by atoms with Crippen molar-refractivity contribution < 1.29 is 9.90 Å². The number of thiazole rings is 1. The molecule has 3 rings (SSSR count). The van der Waals surface area contributed by atoms with E-state index in [-0.39, 0.29) is 5.92 Å². The van der Waals surface area contributed by atoms with E-state index in [9.17, 15) is 9.90 Å². The first-order chi connectivity index (χ1) is 9.74. The van der Waals surface area contributed by atoms with Crippen molar-refractivity contribution in [3.8, 4) is 0 Å². The lowest BCUT2D eigenvalue weighted by Gasteiger charge is -2.21. The summed E-state index contributed by atoms with van der Waals surface area (Å²) in [6.07, 6.45) is 9.39. The van der Waals surface area contributed by atoms with Gasteiger partial charge in [0.05, 0.1) is 5.69 Å². The predicted molar refractivity (Wildman–Crippen MR) is 80.5 cm³/mol. The zero-order valence-corrected chi connectivity index (χ0v) is 12.5. The quantitative estimate of drug-likeness (QED) is 0.890.